The zero-order chi connectivity index (χ0) is 14.6. The number of ether oxygens (including phenoxy) is 1. The molecule has 0 fully saturated rings. The van der Waals surface area contributed by atoms with Gasteiger partial charge in [-0.05, 0) is 25.0 Å². The van der Waals surface area contributed by atoms with Gasteiger partial charge in [0.25, 0.3) is 0 Å². The normalized spacial score (nSPS) is 12.8. The van der Waals surface area contributed by atoms with E-state index in [2.05, 4.69) is 29.8 Å². The summed E-state index contributed by atoms with van der Waals surface area (Å²) < 4.78 is 10.1. The van der Waals surface area contributed by atoms with Gasteiger partial charge in [0.15, 0.2) is 0 Å². The van der Waals surface area contributed by atoms with Crippen molar-refractivity contribution in [1.29, 1.82) is 0 Å². The second-order valence-corrected chi connectivity index (χ2v) is 5.61. The van der Waals surface area contributed by atoms with E-state index in [1.807, 2.05) is 24.7 Å². The minimum atomic E-state index is 0.520. The van der Waals surface area contributed by atoms with E-state index >= 15 is 0 Å². The fraction of sp³-hybridized carbons (Fsp3) is 0.625. The molecule has 1 aromatic rings. The Morgan fingerprint density at radius 1 is 1.25 bits per heavy atom. The van der Waals surface area contributed by atoms with E-state index in [0.29, 0.717) is 22.1 Å². The van der Waals surface area contributed by atoms with Gasteiger partial charge in [0.05, 0.1) is 13.2 Å². The Morgan fingerprint density at radius 2 is 2.05 bits per heavy atom. The van der Waals surface area contributed by atoms with Crippen LogP contribution in [-0.4, -0.2) is 16.3 Å². The molecule has 0 saturated heterocycles. The van der Waals surface area contributed by atoms with Crippen LogP contribution in [-0.2, 0) is 6.54 Å². The van der Waals surface area contributed by atoms with E-state index in [0.717, 1.165) is 17.9 Å². The van der Waals surface area contributed by atoms with Crippen LogP contribution in [0, 0.1) is 5.92 Å². The van der Waals surface area contributed by atoms with Crippen LogP contribution < -0.4 is 4.74 Å². The van der Waals surface area contributed by atoms with Crippen molar-refractivity contribution < 1.29 is 4.74 Å². The highest BCUT2D eigenvalue weighted by atomic mass is 28.2. The van der Waals surface area contributed by atoms with Gasteiger partial charge in [-0.3, -0.25) is 0 Å². The zero-order valence-electron chi connectivity index (χ0n) is 12.9. The van der Waals surface area contributed by atoms with Crippen LogP contribution >= 0.6 is 0 Å². The lowest BCUT2D eigenvalue weighted by Gasteiger charge is -2.17. The smallest absolute Gasteiger partial charge is 0.238 e. The Kier molecular flexibility index (Phi) is 8.95. The molecule has 0 bridgehead atoms. The van der Waals surface area contributed by atoms with Gasteiger partial charge in [0.2, 0.25) is 9.68 Å². The molecule has 0 aliphatic rings. The number of para-hydroxylation sites is 1. The topological polar surface area (TPSA) is 34.0 Å². The fourth-order valence-electron chi connectivity index (χ4n) is 2.06. The summed E-state index contributed by atoms with van der Waals surface area (Å²) in [4.78, 5) is 0. The first-order chi connectivity index (χ1) is 9.81. The fourth-order valence-corrected chi connectivity index (χ4v) is 2.28. The van der Waals surface area contributed by atoms with Crippen LogP contribution in [0.5, 0.6) is 5.75 Å². The summed E-state index contributed by atoms with van der Waals surface area (Å²) in [5.41, 5.74) is 1.12. The Morgan fingerprint density at radius 3 is 2.75 bits per heavy atom. The Bertz CT molecular complexity index is 396. The first kappa shape index (κ1) is 16.9. The van der Waals surface area contributed by atoms with Crippen LogP contribution in [0.4, 0.5) is 0 Å². The average molecular weight is 290 g/mol. The number of rotatable bonds is 10. The average Bonchev–Trinajstić information content (AvgIpc) is 2.49. The maximum Gasteiger partial charge on any atom is 0.238 e. The summed E-state index contributed by atoms with van der Waals surface area (Å²) in [6.07, 6.45) is 4.98. The highest BCUT2D eigenvalue weighted by molar-refractivity contribution is 6.30. The molecule has 3 nitrogen and oxygen atoms in total. The van der Waals surface area contributed by atoms with E-state index in [1.54, 1.807) is 0 Å². The second-order valence-electron chi connectivity index (χ2n) is 4.96. The molecule has 4 heteroatoms. The molecule has 0 saturated carbocycles. The molecule has 2 radical (unpaired) electrons. The standard InChI is InChI=1S/C16H26N2OSi/c1-4-6-9-14(5-2)13-19-16-11-8-7-10-15(16)12-17-18-20-3/h7-8,10-11,14H,4-6,9,12-13H2,1-3H3. The zero-order valence-corrected chi connectivity index (χ0v) is 13.9. The number of benzene rings is 1. The van der Waals surface area contributed by atoms with Gasteiger partial charge < -0.3 is 4.74 Å². The van der Waals surface area contributed by atoms with Crippen LogP contribution in [0.2, 0.25) is 6.55 Å². The van der Waals surface area contributed by atoms with Gasteiger partial charge in [-0.1, -0.05) is 51.3 Å². The summed E-state index contributed by atoms with van der Waals surface area (Å²) in [5.74, 6) is 1.61. The van der Waals surface area contributed by atoms with Gasteiger partial charge in [0, 0.05) is 5.56 Å². The summed E-state index contributed by atoms with van der Waals surface area (Å²) in [6.45, 7) is 7.92. The largest absolute Gasteiger partial charge is 0.493 e. The number of nitrogens with zero attached hydrogens (tertiary/aromatic N) is 2. The first-order valence-electron chi connectivity index (χ1n) is 7.55. The number of unbranched alkanes of at least 4 members (excludes halogenated alkanes) is 1. The highest BCUT2D eigenvalue weighted by Gasteiger charge is 2.08. The molecule has 20 heavy (non-hydrogen) atoms. The lowest BCUT2D eigenvalue weighted by atomic mass is 10.0. The molecule has 1 atom stereocenters. The van der Waals surface area contributed by atoms with Crippen LogP contribution in [0.3, 0.4) is 0 Å². The van der Waals surface area contributed by atoms with Crippen molar-refractivity contribution >= 4 is 9.68 Å². The van der Waals surface area contributed by atoms with Crippen molar-refractivity contribution in [2.24, 2.45) is 15.8 Å². The van der Waals surface area contributed by atoms with Gasteiger partial charge >= 0.3 is 0 Å². The summed E-state index contributed by atoms with van der Waals surface area (Å²) in [6, 6.07) is 8.15. The Balaban J connectivity index is 2.55. The third-order valence-electron chi connectivity index (χ3n) is 3.40. The van der Waals surface area contributed by atoms with Crippen molar-refractivity contribution in [1.82, 2.24) is 0 Å². The molecule has 0 N–H and O–H groups in total. The third kappa shape index (κ3) is 6.33. The van der Waals surface area contributed by atoms with Crippen molar-refractivity contribution in [3.05, 3.63) is 29.8 Å². The van der Waals surface area contributed by atoms with Gasteiger partial charge in [-0.25, -0.2) is 4.78 Å². The molecular weight excluding hydrogens is 264 g/mol. The lowest BCUT2D eigenvalue weighted by molar-refractivity contribution is 0.231. The molecule has 1 unspecified atom stereocenters. The van der Waals surface area contributed by atoms with Crippen molar-refractivity contribution in [2.45, 2.75) is 52.6 Å². The monoisotopic (exact) mass is 290 g/mol. The predicted octanol–water partition coefficient (Wildman–Crippen LogP) is 4.90. The quantitative estimate of drug-likeness (QED) is 0.445. The molecule has 0 aliphatic carbocycles. The third-order valence-corrected chi connectivity index (χ3v) is 3.74. The SMILES string of the molecule is CCCCC(CC)COc1ccccc1CN=N[Si]C. The first-order valence-corrected chi connectivity index (χ1v) is 9.00. The van der Waals surface area contributed by atoms with E-state index in [4.69, 9.17) is 4.74 Å². The Labute approximate surface area is 125 Å². The second kappa shape index (κ2) is 10.6. The van der Waals surface area contributed by atoms with Gasteiger partial charge in [0.1, 0.15) is 5.75 Å². The molecule has 0 aromatic heterocycles. The molecular formula is C16H26N2OSi. The lowest BCUT2D eigenvalue weighted by Crippen LogP contribution is -2.12. The van der Waals surface area contributed by atoms with E-state index in [-0.39, 0.29) is 0 Å². The number of hydrogen-bond acceptors (Lipinski definition) is 3. The minimum absolute atomic E-state index is 0.520. The molecule has 0 aliphatic heterocycles. The van der Waals surface area contributed by atoms with E-state index in [1.165, 1.54) is 25.7 Å². The Hall–Kier alpha value is -1.16. The van der Waals surface area contributed by atoms with Gasteiger partial charge in [-0.2, -0.15) is 5.11 Å². The molecule has 0 amide bonds. The summed E-state index contributed by atoms with van der Waals surface area (Å²) in [7, 11) is 0.520. The van der Waals surface area contributed by atoms with Gasteiger partial charge in [-0.15, -0.1) is 0 Å². The molecule has 110 valence electrons. The number of hydrogen-bond donors (Lipinski definition) is 0. The highest BCUT2D eigenvalue weighted by Crippen LogP contribution is 2.21. The summed E-state index contributed by atoms with van der Waals surface area (Å²) in [5, 5.41) is 4.17. The minimum Gasteiger partial charge on any atom is -0.493 e. The van der Waals surface area contributed by atoms with Crippen LogP contribution in [0.15, 0.2) is 34.2 Å². The van der Waals surface area contributed by atoms with Crippen LogP contribution in [0.25, 0.3) is 0 Å². The van der Waals surface area contributed by atoms with Crippen LogP contribution in [0.1, 0.15) is 45.1 Å². The van der Waals surface area contributed by atoms with Crippen molar-refractivity contribution in [3.8, 4) is 5.75 Å². The molecule has 1 rings (SSSR count). The van der Waals surface area contributed by atoms with Crippen molar-refractivity contribution in [3.63, 3.8) is 0 Å². The predicted molar refractivity (Wildman–Crippen MR) is 85.4 cm³/mol. The maximum atomic E-state index is 6.02. The van der Waals surface area contributed by atoms with E-state index in [9.17, 15) is 0 Å². The molecule has 1 aromatic carbocycles. The molecule has 0 heterocycles. The maximum absolute atomic E-state index is 6.02. The van der Waals surface area contributed by atoms with E-state index < -0.39 is 0 Å². The molecule has 0 spiro atoms. The van der Waals surface area contributed by atoms with Crippen molar-refractivity contribution in [2.75, 3.05) is 6.61 Å². The summed E-state index contributed by atoms with van der Waals surface area (Å²) >= 11 is 0.